The summed E-state index contributed by atoms with van der Waals surface area (Å²) in [5, 5.41) is 4.05. The Morgan fingerprint density at radius 2 is 1.96 bits per heavy atom. The molecule has 7 heteroatoms. The number of carbonyl (C=O) groups is 1. The van der Waals surface area contributed by atoms with Crippen molar-refractivity contribution >= 4 is 28.5 Å². The first kappa shape index (κ1) is 20.3. The Morgan fingerprint density at radius 3 is 2.64 bits per heavy atom. The van der Waals surface area contributed by atoms with Gasteiger partial charge in [0, 0.05) is 15.2 Å². The molecular formula is C21H22IN3O3. The van der Waals surface area contributed by atoms with Crippen molar-refractivity contribution in [3.05, 3.63) is 63.6 Å². The lowest BCUT2D eigenvalue weighted by atomic mass is 10.1. The minimum atomic E-state index is -0.135. The van der Waals surface area contributed by atoms with Gasteiger partial charge in [-0.2, -0.15) is 4.98 Å². The third-order valence-corrected chi connectivity index (χ3v) is 4.89. The fourth-order valence-corrected chi connectivity index (χ4v) is 3.04. The first-order chi connectivity index (χ1) is 13.4. The molecule has 0 saturated heterocycles. The van der Waals surface area contributed by atoms with Crippen LogP contribution in [-0.2, 0) is 11.3 Å². The van der Waals surface area contributed by atoms with Gasteiger partial charge in [-0.25, -0.2) is 0 Å². The van der Waals surface area contributed by atoms with E-state index in [0.717, 1.165) is 14.7 Å². The molecule has 0 atom stereocenters. The lowest BCUT2D eigenvalue weighted by Crippen LogP contribution is -2.39. The van der Waals surface area contributed by atoms with E-state index in [-0.39, 0.29) is 25.1 Å². The molecule has 28 heavy (non-hydrogen) atoms. The van der Waals surface area contributed by atoms with Crippen LogP contribution in [0.4, 0.5) is 0 Å². The molecule has 1 aromatic heterocycles. The second-order valence-electron chi connectivity index (χ2n) is 6.74. The Labute approximate surface area is 178 Å². The lowest BCUT2D eigenvalue weighted by molar-refractivity contribution is -0.136. The summed E-state index contributed by atoms with van der Waals surface area (Å²) in [6.07, 6.45) is 0. The summed E-state index contributed by atoms with van der Waals surface area (Å²) in [6.45, 7) is 6.10. The van der Waals surface area contributed by atoms with E-state index in [1.54, 1.807) is 4.90 Å². The summed E-state index contributed by atoms with van der Waals surface area (Å²) >= 11 is 2.22. The maximum absolute atomic E-state index is 12.7. The number of amides is 1. The lowest BCUT2D eigenvalue weighted by Gasteiger charge is -2.25. The fraction of sp³-hybridized carbons (Fsp3) is 0.286. The van der Waals surface area contributed by atoms with E-state index in [1.165, 1.54) is 0 Å². The van der Waals surface area contributed by atoms with Gasteiger partial charge >= 0.3 is 0 Å². The summed E-state index contributed by atoms with van der Waals surface area (Å²) in [5.41, 5.74) is 2.01. The van der Waals surface area contributed by atoms with Crippen LogP contribution in [0.15, 0.2) is 53.1 Å². The molecule has 6 nitrogen and oxygen atoms in total. The Bertz CT molecular complexity index is 938. The molecule has 0 bridgehead atoms. The van der Waals surface area contributed by atoms with E-state index in [1.807, 2.05) is 69.3 Å². The number of aromatic nitrogens is 2. The topological polar surface area (TPSA) is 68.5 Å². The normalized spacial score (nSPS) is 10.9. The molecule has 2 aromatic carbocycles. The van der Waals surface area contributed by atoms with Crippen molar-refractivity contribution in [1.29, 1.82) is 0 Å². The Balaban J connectivity index is 1.65. The minimum absolute atomic E-state index is 0.0258. The van der Waals surface area contributed by atoms with Gasteiger partial charge < -0.3 is 14.2 Å². The monoisotopic (exact) mass is 491 g/mol. The van der Waals surface area contributed by atoms with Crippen LogP contribution in [0.1, 0.15) is 25.3 Å². The minimum Gasteiger partial charge on any atom is -0.484 e. The summed E-state index contributed by atoms with van der Waals surface area (Å²) in [7, 11) is 0. The quantitative estimate of drug-likeness (QED) is 0.457. The number of hydrogen-bond acceptors (Lipinski definition) is 5. The third kappa shape index (κ3) is 5.31. The number of benzene rings is 2. The molecule has 3 rings (SSSR count). The summed E-state index contributed by atoms with van der Waals surface area (Å²) in [4.78, 5) is 18.8. The Kier molecular flexibility index (Phi) is 6.66. The van der Waals surface area contributed by atoms with E-state index < -0.39 is 0 Å². The molecule has 1 heterocycles. The number of aryl methyl sites for hydroxylation is 1. The van der Waals surface area contributed by atoms with Gasteiger partial charge in [-0.1, -0.05) is 28.9 Å². The molecule has 0 unspecified atom stereocenters. The zero-order valence-electron chi connectivity index (χ0n) is 16.1. The van der Waals surface area contributed by atoms with Crippen molar-refractivity contribution in [2.24, 2.45) is 0 Å². The molecule has 0 aliphatic carbocycles. The van der Waals surface area contributed by atoms with Crippen LogP contribution in [0.5, 0.6) is 5.75 Å². The molecule has 0 aliphatic heterocycles. The second-order valence-corrected chi connectivity index (χ2v) is 7.98. The van der Waals surface area contributed by atoms with Crippen molar-refractivity contribution < 1.29 is 14.1 Å². The summed E-state index contributed by atoms with van der Waals surface area (Å²) in [5.74, 6) is 1.44. The number of nitrogens with zero attached hydrogens (tertiary/aromatic N) is 3. The van der Waals surface area contributed by atoms with Crippen LogP contribution in [0.3, 0.4) is 0 Å². The second kappa shape index (κ2) is 9.18. The van der Waals surface area contributed by atoms with Gasteiger partial charge in [-0.3, -0.25) is 4.79 Å². The van der Waals surface area contributed by atoms with Crippen LogP contribution in [0.2, 0.25) is 0 Å². The first-order valence-corrected chi connectivity index (χ1v) is 10.1. The molecule has 0 radical (unpaired) electrons. The van der Waals surface area contributed by atoms with E-state index in [0.29, 0.717) is 17.5 Å². The molecule has 0 spiro atoms. The van der Waals surface area contributed by atoms with E-state index in [4.69, 9.17) is 9.26 Å². The highest BCUT2D eigenvalue weighted by Gasteiger charge is 2.21. The van der Waals surface area contributed by atoms with Gasteiger partial charge in [0.05, 0.1) is 0 Å². The van der Waals surface area contributed by atoms with Gasteiger partial charge in [-0.05, 0) is 73.7 Å². The Morgan fingerprint density at radius 1 is 1.21 bits per heavy atom. The van der Waals surface area contributed by atoms with Crippen LogP contribution in [0.25, 0.3) is 11.4 Å². The smallest absolute Gasteiger partial charge is 0.261 e. The highest BCUT2D eigenvalue weighted by Crippen LogP contribution is 2.18. The number of rotatable bonds is 7. The van der Waals surface area contributed by atoms with Crippen LogP contribution in [-0.4, -0.2) is 33.6 Å². The zero-order chi connectivity index (χ0) is 20.1. The highest BCUT2D eigenvalue weighted by atomic mass is 127. The van der Waals surface area contributed by atoms with Crippen LogP contribution < -0.4 is 4.74 Å². The SMILES string of the molecule is Cc1cccc(-c2noc(CN(C(=O)COc3ccc(I)cc3)C(C)C)n2)c1. The van der Waals surface area contributed by atoms with E-state index in [9.17, 15) is 4.79 Å². The number of hydrogen-bond donors (Lipinski definition) is 0. The molecule has 0 N–H and O–H groups in total. The van der Waals surface area contributed by atoms with Gasteiger partial charge in [0.2, 0.25) is 11.7 Å². The predicted molar refractivity (Wildman–Crippen MR) is 115 cm³/mol. The van der Waals surface area contributed by atoms with Crippen molar-refractivity contribution in [2.45, 2.75) is 33.4 Å². The predicted octanol–water partition coefficient (Wildman–Crippen LogP) is 4.47. The van der Waals surface area contributed by atoms with Crippen molar-refractivity contribution in [3.63, 3.8) is 0 Å². The maximum atomic E-state index is 12.7. The molecule has 0 aliphatic rings. The zero-order valence-corrected chi connectivity index (χ0v) is 18.2. The highest BCUT2D eigenvalue weighted by molar-refractivity contribution is 14.1. The van der Waals surface area contributed by atoms with Gasteiger partial charge in [0.15, 0.2) is 6.61 Å². The standard InChI is InChI=1S/C21H22IN3O3/c1-14(2)25(20(26)13-27-18-9-7-17(22)8-10-18)12-19-23-21(24-28-19)16-6-4-5-15(3)11-16/h4-11,14H,12-13H2,1-3H3. The number of ether oxygens (including phenoxy) is 1. The average Bonchev–Trinajstić information content (AvgIpc) is 3.14. The molecule has 3 aromatic rings. The molecular weight excluding hydrogens is 469 g/mol. The van der Waals surface area contributed by atoms with E-state index in [2.05, 4.69) is 32.7 Å². The summed E-state index contributed by atoms with van der Waals surface area (Å²) in [6, 6.07) is 15.4. The van der Waals surface area contributed by atoms with Gasteiger partial charge in [0.25, 0.3) is 5.91 Å². The van der Waals surface area contributed by atoms with Crippen molar-refractivity contribution in [1.82, 2.24) is 15.0 Å². The number of halogens is 1. The van der Waals surface area contributed by atoms with E-state index >= 15 is 0 Å². The third-order valence-electron chi connectivity index (χ3n) is 4.17. The first-order valence-electron chi connectivity index (χ1n) is 9.00. The molecule has 0 saturated carbocycles. The summed E-state index contributed by atoms with van der Waals surface area (Å²) < 4.78 is 12.1. The van der Waals surface area contributed by atoms with Gasteiger partial charge in [-0.15, -0.1) is 0 Å². The number of carbonyl (C=O) groups excluding carboxylic acids is 1. The van der Waals surface area contributed by atoms with Crippen LogP contribution in [0, 0.1) is 10.5 Å². The van der Waals surface area contributed by atoms with Crippen molar-refractivity contribution in [2.75, 3.05) is 6.61 Å². The largest absolute Gasteiger partial charge is 0.484 e. The average molecular weight is 491 g/mol. The fourth-order valence-electron chi connectivity index (χ4n) is 2.68. The van der Waals surface area contributed by atoms with Gasteiger partial charge in [0.1, 0.15) is 12.3 Å². The molecule has 0 fully saturated rings. The van der Waals surface area contributed by atoms with Crippen LogP contribution >= 0.6 is 22.6 Å². The maximum Gasteiger partial charge on any atom is 0.261 e. The molecule has 146 valence electrons. The van der Waals surface area contributed by atoms with Crippen molar-refractivity contribution in [3.8, 4) is 17.1 Å². The Hall–Kier alpha value is -2.42. The molecule has 1 amide bonds.